The van der Waals surface area contributed by atoms with Gasteiger partial charge in [0.2, 0.25) is 0 Å². The highest BCUT2D eigenvalue weighted by Gasteiger charge is 2.43. The Morgan fingerprint density at radius 2 is 1.89 bits per heavy atom. The SMILES string of the molecule is O=C1c2ccc(Cl)cc2CC1(Br)Cc1ccccc1. The molecular formula is C16H12BrClO. The van der Waals surface area contributed by atoms with Gasteiger partial charge in [0, 0.05) is 10.6 Å². The number of ketones is 1. The summed E-state index contributed by atoms with van der Waals surface area (Å²) < 4.78 is -0.526. The summed E-state index contributed by atoms with van der Waals surface area (Å²) in [6, 6.07) is 15.6. The lowest BCUT2D eigenvalue weighted by atomic mass is 9.95. The molecule has 3 heteroatoms. The molecule has 0 N–H and O–H groups in total. The average molecular weight is 336 g/mol. The molecule has 19 heavy (non-hydrogen) atoms. The Morgan fingerprint density at radius 3 is 2.63 bits per heavy atom. The Balaban J connectivity index is 1.94. The monoisotopic (exact) mass is 334 g/mol. The summed E-state index contributed by atoms with van der Waals surface area (Å²) in [5.74, 6) is 0.156. The topological polar surface area (TPSA) is 17.1 Å². The van der Waals surface area contributed by atoms with Gasteiger partial charge in [-0.25, -0.2) is 0 Å². The van der Waals surface area contributed by atoms with Gasteiger partial charge in [-0.2, -0.15) is 0 Å². The number of rotatable bonds is 2. The molecule has 1 nitrogen and oxygen atoms in total. The Kier molecular flexibility index (Phi) is 3.23. The second-order valence-electron chi connectivity index (χ2n) is 4.94. The number of fused-ring (bicyclic) bond motifs is 1. The van der Waals surface area contributed by atoms with E-state index in [9.17, 15) is 4.79 Å². The maximum atomic E-state index is 12.5. The van der Waals surface area contributed by atoms with E-state index in [2.05, 4.69) is 15.9 Å². The van der Waals surface area contributed by atoms with Crippen LogP contribution in [0.4, 0.5) is 0 Å². The molecule has 0 spiro atoms. The molecule has 3 rings (SSSR count). The summed E-state index contributed by atoms with van der Waals surface area (Å²) >= 11 is 9.66. The number of hydrogen-bond donors (Lipinski definition) is 0. The fraction of sp³-hybridized carbons (Fsp3) is 0.188. The summed E-state index contributed by atoms with van der Waals surface area (Å²) in [5.41, 5.74) is 2.98. The average Bonchev–Trinajstić information content (AvgIpc) is 2.62. The molecule has 0 fully saturated rings. The first-order chi connectivity index (χ1) is 9.08. The van der Waals surface area contributed by atoms with Crippen LogP contribution in [0.5, 0.6) is 0 Å². The van der Waals surface area contributed by atoms with Gasteiger partial charge < -0.3 is 0 Å². The van der Waals surface area contributed by atoms with E-state index in [1.54, 1.807) is 6.07 Å². The molecule has 0 amide bonds. The van der Waals surface area contributed by atoms with Crippen molar-refractivity contribution in [3.05, 3.63) is 70.2 Å². The van der Waals surface area contributed by atoms with E-state index in [4.69, 9.17) is 11.6 Å². The Hall–Kier alpha value is -1.12. The second kappa shape index (κ2) is 4.77. The molecule has 1 aliphatic carbocycles. The number of carbonyl (C=O) groups excluding carboxylic acids is 1. The maximum Gasteiger partial charge on any atom is 0.180 e. The van der Waals surface area contributed by atoms with E-state index in [1.807, 2.05) is 42.5 Å². The minimum atomic E-state index is -0.526. The minimum absolute atomic E-state index is 0.156. The van der Waals surface area contributed by atoms with Crippen molar-refractivity contribution >= 4 is 33.3 Å². The van der Waals surface area contributed by atoms with Gasteiger partial charge >= 0.3 is 0 Å². The van der Waals surface area contributed by atoms with Gasteiger partial charge in [0.25, 0.3) is 0 Å². The third-order valence-electron chi connectivity index (χ3n) is 3.52. The van der Waals surface area contributed by atoms with E-state index in [0.717, 1.165) is 16.7 Å². The Morgan fingerprint density at radius 1 is 1.16 bits per heavy atom. The number of carbonyl (C=O) groups is 1. The fourth-order valence-electron chi connectivity index (χ4n) is 2.62. The molecule has 1 unspecified atom stereocenters. The molecule has 2 aromatic carbocycles. The van der Waals surface area contributed by atoms with Crippen LogP contribution in [0.25, 0.3) is 0 Å². The first kappa shape index (κ1) is 12.9. The lowest BCUT2D eigenvalue weighted by Gasteiger charge is -2.19. The van der Waals surface area contributed by atoms with Gasteiger partial charge in [0.1, 0.15) is 0 Å². The van der Waals surface area contributed by atoms with Crippen LogP contribution in [0.1, 0.15) is 21.5 Å². The zero-order chi connectivity index (χ0) is 13.5. The van der Waals surface area contributed by atoms with Gasteiger partial charge in [0.15, 0.2) is 5.78 Å². The summed E-state index contributed by atoms with van der Waals surface area (Å²) in [7, 11) is 0. The van der Waals surface area contributed by atoms with Crippen LogP contribution >= 0.6 is 27.5 Å². The molecule has 0 aliphatic heterocycles. The fourth-order valence-corrected chi connectivity index (χ4v) is 3.65. The molecule has 0 bridgehead atoms. The standard InChI is InChI=1S/C16H12BrClO/c17-16(9-11-4-2-1-3-5-11)10-12-8-13(18)6-7-14(12)15(16)19/h1-8H,9-10H2. The third-order valence-corrected chi connectivity index (χ3v) is 4.67. The summed E-state index contributed by atoms with van der Waals surface area (Å²) in [6.07, 6.45) is 1.38. The van der Waals surface area contributed by atoms with Gasteiger partial charge in [-0.1, -0.05) is 57.9 Å². The highest BCUT2D eigenvalue weighted by molar-refractivity contribution is 9.10. The Labute approximate surface area is 125 Å². The number of halogens is 2. The van der Waals surface area contributed by atoms with Crippen LogP contribution in [0.3, 0.4) is 0 Å². The molecule has 96 valence electrons. The van der Waals surface area contributed by atoms with E-state index in [0.29, 0.717) is 17.9 Å². The van der Waals surface area contributed by atoms with Crippen LogP contribution in [0.15, 0.2) is 48.5 Å². The van der Waals surface area contributed by atoms with E-state index < -0.39 is 4.32 Å². The van der Waals surface area contributed by atoms with E-state index in [1.165, 1.54) is 0 Å². The van der Waals surface area contributed by atoms with Crippen LogP contribution < -0.4 is 0 Å². The third kappa shape index (κ3) is 2.35. The largest absolute Gasteiger partial charge is 0.293 e. The van der Waals surface area contributed by atoms with Gasteiger partial charge in [-0.15, -0.1) is 0 Å². The summed E-state index contributed by atoms with van der Waals surface area (Å²) in [6.45, 7) is 0. The van der Waals surface area contributed by atoms with Crippen molar-refractivity contribution in [2.45, 2.75) is 17.2 Å². The van der Waals surface area contributed by atoms with Crippen molar-refractivity contribution in [3.63, 3.8) is 0 Å². The van der Waals surface area contributed by atoms with Crippen LogP contribution in [-0.4, -0.2) is 10.1 Å². The first-order valence-corrected chi connectivity index (χ1v) is 7.32. The van der Waals surface area contributed by atoms with Crippen molar-refractivity contribution in [3.8, 4) is 0 Å². The van der Waals surface area contributed by atoms with Gasteiger partial charge in [-0.05, 0) is 42.2 Å². The van der Waals surface area contributed by atoms with Crippen molar-refractivity contribution in [2.24, 2.45) is 0 Å². The van der Waals surface area contributed by atoms with Crippen LogP contribution in [0.2, 0.25) is 5.02 Å². The normalized spacial score (nSPS) is 21.5. The van der Waals surface area contributed by atoms with Crippen molar-refractivity contribution in [1.29, 1.82) is 0 Å². The van der Waals surface area contributed by atoms with E-state index in [-0.39, 0.29) is 5.78 Å². The first-order valence-electron chi connectivity index (χ1n) is 6.15. The number of alkyl halides is 1. The molecule has 2 aromatic rings. The number of hydrogen-bond acceptors (Lipinski definition) is 1. The predicted molar refractivity (Wildman–Crippen MR) is 81.3 cm³/mol. The zero-order valence-corrected chi connectivity index (χ0v) is 12.5. The predicted octanol–water partition coefficient (Wildman–Crippen LogP) is 4.46. The molecule has 1 aliphatic rings. The van der Waals surface area contributed by atoms with Crippen molar-refractivity contribution < 1.29 is 4.79 Å². The molecule has 0 aromatic heterocycles. The van der Waals surface area contributed by atoms with Crippen LogP contribution in [0, 0.1) is 0 Å². The molecule has 0 heterocycles. The van der Waals surface area contributed by atoms with E-state index >= 15 is 0 Å². The molecule has 0 saturated heterocycles. The number of benzene rings is 2. The van der Waals surface area contributed by atoms with Crippen molar-refractivity contribution in [1.82, 2.24) is 0 Å². The molecular weight excluding hydrogens is 324 g/mol. The highest BCUT2D eigenvalue weighted by atomic mass is 79.9. The summed E-state index contributed by atoms with van der Waals surface area (Å²) in [5, 5.41) is 0.683. The van der Waals surface area contributed by atoms with Gasteiger partial charge in [-0.3, -0.25) is 4.79 Å². The van der Waals surface area contributed by atoms with Gasteiger partial charge in [0.05, 0.1) is 4.32 Å². The second-order valence-corrected chi connectivity index (χ2v) is 6.89. The van der Waals surface area contributed by atoms with Crippen molar-refractivity contribution in [2.75, 3.05) is 0 Å². The number of Topliss-reactive ketones (excluding diaryl/α,β-unsaturated/α-hetero) is 1. The smallest absolute Gasteiger partial charge is 0.180 e. The molecule has 0 saturated carbocycles. The summed E-state index contributed by atoms with van der Waals surface area (Å²) in [4.78, 5) is 12.5. The zero-order valence-electron chi connectivity index (χ0n) is 10.2. The lowest BCUT2D eigenvalue weighted by molar-refractivity contribution is 0.0960. The maximum absolute atomic E-state index is 12.5. The quantitative estimate of drug-likeness (QED) is 0.741. The lowest BCUT2D eigenvalue weighted by Crippen LogP contribution is -2.31. The Bertz CT molecular complexity index is 638. The van der Waals surface area contributed by atoms with Crippen LogP contribution in [-0.2, 0) is 12.8 Å². The molecule has 1 atom stereocenters. The molecule has 0 radical (unpaired) electrons. The minimum Gasteiger partial charge on any atom is -0.293 e. The highest BCUT2D eigenvalue weighted by Crippen LogP contribution is 2.40.